The number of rotatable bonds is 6. The van der Waals surface area contributed by atoms with Crippen LogP contribution >= 0.6 is 11.6 Å². The summed E-state index contributed by atoms with van der Waals surface area (Å²) < 4.78 is 5.46. The lowest BCUT2D eigenvalue weighted by molar-refractivity contribution is -0.118. The monoisotopic (exact) mass is 358 g/mol. The van der Waals surface area contributed by atoms with Gasteiger partial charge in [0.05, 0.1) is 0 Å². The molecule has 3 rings (SSSR count). The first-order chi connectivity index (χ1) is 12.0. The quantitative estimate of drug-likeness (QED) is 0.829. The summed E-state index contributed by atoms with van der Waals surface area (Å²) in [4.78, 5) is 24.1. The number of aryl methyl sites for hydroxylation is 1. The summed E-state index contributed by atoms with van der Waals surface area (Å²) in [6.07, 6.45) is 2.06. The molecular weight excluding hydrogens is 340 g/mol. The molecule has 0 atom stereocenters. The highest BCUT2D eigenvalue weighted by Gasteiger charge is 2.23. The largest absolute Gasteiger partial charge is 0.484 e. The van der Waals surface area contributed by atoms with Crippen LogP contribution in [0.2, 0.25) is 5.02 Å². The van der Waals surface area contributed by atoms with E-state index in [0.29, 0.717) is 28.1 Å². The molecule has 0 heterocycles. The molecule has 1 aliphatic carbocycles. The molecule has 0 aromatic heterocycles. The molecule has 6 heteroatoms. The summed E-state index contributed by atoms with van der Waals surface area (Å²) in [5.41, 5.74) is 1.97. The molecule has 2 aromatic carbocycles. The lowest BCUT2D eigenvalue weighted by atomic mass is 10.2. The SMILES string of the molecule is Cc1cc(OCC(=O)Nc2cccc(C(=O)NC3CC3)c2)ccc1Cl. The highest BCUT2D eigenvalue weighted by Crippen LogP contribution is 2.21. The predicted octanol–water partition coefficient (Wildman–Crippen LogP) is 3.56. The van der Waals surface area contributed by atoms with Crippen molar-refractivity contribution in [2.45, 2.75) is 25.8 Å². The van der Waals surface area contributed by atoms with Crippen LogP contribution < -0.4 is 15.4 Å². The van der Waals surface area contributed by atoms with Crippen LogP contribution in [0.4, 0.5) is 5.69 Å². The van der Waals surface area contributed by atoms with E-state index < -0.39 is 0 Å². The molecular formula is C19H19ClN2O3. The zero-order valence-corrected chi connectivity index (χ0v) is 14.6. The van der Waals surface area contributed by atoms with E-state index in [2.05, 4.69) is 10.6 Å². The third-order valence-corrected chi connectivity index (χ3v) is 4.24. The van der Waals surface area contributed by atoms with Crippen LogP contribution in [0.1, 0.15) is 28.8 Å². The van der Waals surface area contributed by atoms with Crippen LogP contribution in [0.5, 0.6) is 5.75 Å². The van der Waals surface area contributed by atoms with Gasteiger partial charge < -0.3 is 15.4 Å². The average Bonchev–Trinajstić information content (AvgIpc) is 3.40. The molecule has 0 radical (unpaired) electrons. The maximum absolute atomic E-state index is 12.0. The van der Waals surface area contributed by atoms with E-state index in [0.717, 1.165) is 18.4 Å². The molecule has 130 valence electrons. The molecule has 1 saturated carbocycles. The third-order valence-electron chi connectivity index (χ3n) is 3.82. The maximum atomic E-state index is 12.0. The van der Waals surface area contributed by atoms with Crippen molar-refractivity contribution in [1.82, 2.24) is 5.32 Å². The Kier molecular flexibility index (Phi) is 5.24. The minimum absolute atomic E-state index is 0.119. The molecule has 0 aliphatic heterocycles. The molecule has 5 nitrogen and oxygen atoms in total. The van der Waals surface area contributed by atoms with Gasteiger partial charge in [0, 0.05) is 22.3 Å². The van der Waals surface area contributed by atoms with Crippen LogP contribution in [-0.2, 0) is 4.79 Å². The Morgan fingerprint density at radius 1 is 1.20 bits per heavy atom. The van der Waals surface area contributed by atoms with E-state index >= 15 is 0 Å². The minimum Gasteiger partial charge on any atom is -0.484 e. The van der Waals surface area contributed by atoms with E-state index in [4.69, 9.17) is 16.3 Å². The van der Waals surface area contributed by atoms with Crippen LogP contribution in [-0.4, -0.2) is 24.5 Å². The summed E-state index contributed by atoms with van der Waals surface area (Å²) in [5.74, 6) is 0.161. The number of amides is 2. The van der Waals surface area contributed by atoms with Gasteiger partial charge >= 0.3 is 0 Å². The van der Waals surface area contributed by atoms with Crippen LogP contribution in [0.25, 0.3) is 0 Å². The first kappa shape index (κ1) is 17.3. The maximum Gasteiger partial charge on any atom is 0.262 e. The molecule has 2 N–H and O–H groups in total. The number of hydrogen-bond donors (Lipinski definition) is 2. The fourth-order valence-electron chi connectivity index (χ4n) is 2.29. The Morgan fingerprint density at radius 2 is 2.00 bits per heavy atom. The van der Waals surface area contributed by atoms with Gasteiger partial charge in [-0.3, -0.25) is 9.59 Å². The van der Waals surface area contributed by atoms with Gasteiger partial charge in [-0.2, -0.15) is 0 Å². The lowest BCUT2D eigenvalue weighted by Gasteiger charge is -2.10. The lowest BCUT2D eigenvalue weighted by Crippen LogP contribution is -2.25. The second-order valence-electron chi connectivity index (χ2n) is 6.08. The number of anilines is 1. The van der Waals surface area contributed by atoms with Crippen molar-refractivity contribution in [3.63, 3.8) is 0 Å². The third kappa shape index (κ3) is 4.97. The Labute approximate surface area is 151 Å². The van der Waals surface area contributed by atoms with Crippen molar-refractivity contribution >= 4 is 29.1 Å². The van der Waals surface area contributed by atoms with E-state index in [-0.39, 0.29) is 18.4 Å². The number of ether oxygens (including phenoxy) is 1. The van der Waals surface area contributed by atoms with Crippen LogP contribution in [0.3, 0.4) is 0 Å². The minimum atomic E-state index is -0.299. The van der Waals surface area contributed by atoms with Crippen molar-refractivity contribution in [3.05, 3.63) is 58.6 Å². The van der Waals surface area contributed by atoms with Gasteiger partial charge in [-0.25, -0.2) is 0 Å². The molecule has 2 amide bonds. The zero-order valence-electron chi connectivity index (χ0n) is 13.8. The van der Waals surface area contributed by atoms with E-state index in [1.807, 2.05) is 6.92 Å². The average molecular weight is 359 g/mol. The van der Waals surface area contributed by atoms with E-state index in [9.17, 15) is 9.59 Å². The first-order valence-corrected chi connectivity index (χ1v) is 8.49. The smallest absolute Gasteiger partial charge is 0.262 e. The fourth-order valence-corrected chi connectivity index (χ4v) is 2.41. The molecule has 1 aliphatic rings. The van der Waals surface area contributed by atoms with Gasteiger partial charge in [0.2, 0.25) is 0 Å². The van der Waals surface area contributed by atoms with Crippen LogP contribution in [0.15, 0.2) is 42.5 Å². The molecule has 0 saturated heterocycles. The van der Waals surface area contributed by atoms with Gasteiger partial charge in [-0.15, -0.1) is 0 Å². The van der Waals surface area contributed by atoms with Gasteiger partial charge in [-0.1, -0.05) is 17.7 Å². The van der Waals surface area contributed by atoms with Gasteiger partial charge in [0.15, 0.2) is 6.61 Å². The summed E-state index contributed by atoms with van der Waals surface area (Å²) in [7, 11) is 0. The number of hydrogen-bond acceptors (Lipinski definition) is 3. The van der Waals surface area contributed by atoms with Crippen LogP contribution in [0, 0.1) is 6.92 Å². The van der Waals surface area contributed by atoms with E-state index in [1.54, 1.807) is 42.5 Å². The molecule has 0 unspecified atom stereocenters. The molecule has 25 heavy (non-hydrogen) atoms. The van der Waals surface area contributed by atoms with Gasteiger partial charge in [0.1, 0.15) is 5.75 Å². The Hall–Kier alpha value is -2.53. The van der Waals surface area contributed by atoms with Crippen molar-refractivity contribution < 1.29 is 14.3 Å². The number of nitrogens with one attached hydrogen (secondary N) is 2. The number of benzene rings is 2. The molecule has 0 bridgehead atoms. The molecule has 2 aromatic rings. The summed E-state index contributed by atoms with van der Waals surface area (Å²) in [5, 5.41) is 6.30. The molecule has 0 spiro atoms. The topological polar surface area (TPSA) is 67.4 Å². The standard InChI is InChI=1S/C19H19ClN2O3/c1-12-9-16(7-8-17(12)20)25-11-18(23)21-15-4-2-3-13(10-15)19(24)22-14-5-6-14/h2-4,7-10,14H,5-6,11H2,1H3,(H,21,23)(H,22,24). The van der Waals surface area contributed by atoms with Crippen molar-refractivity contribution in [2.75, 3.05) is 11.9 Å². The number of halogens is 1. The molecule has 1 fully saturated rings. The van der Waals surface area contributed by atoms with Crippen molar-refractivity contribution in [3.8, 4) is 5.75 Å². The zero-order chi connectivity index (χ0) is 17.8. The number of carbonyl (C=O) groups is 2. The highest BCUT2D eigenvalue weighted by atomic mass is 35.5. The van der Waals surface area contributed by atoms with E-state index in [1.165, 1.54) is 0 Å². The Balaban J connectivity index is 1.55. The predicted molar refractivity (Wildman–Crippen MR) is 97.2 cm³/mol. The summed E-state index contributed by atoms with van der Waals surface area (Å²) in [6.45, 7) is 1.74. The van der Waals surface area contributed by atoms with Crippen molar-refractivity contribution in [1.29, 1.82) is 0 Å². The van der Waals surface area contributed by atoms with Gasteiger partial charge in [0.25, 0.3) is 11.8 Å². The second-order valence-corrected chi connectivity index (χ2v) is 6.48. The fraction of sp³-hybridized carbons (Fsp3) is 0.263. The summed E-state index contributed by atoms with van der Waals surface area (Å²) >= 11 is 5.96. The highest BCUT2D eigenvalue weighted by molar-refractivity contribution is 6.31. The Morgan fingerprint density at radius 3 is 2.72 bits per heavy atom. The number of carbonyl (C=O) groups excluding carboxylic acids is 2. The van der Waals surface area contributed by atoms with Crippen molar-refractivity contribution in [2.24, 2.45) is 0 Å². The Bertz CT molecular complexity index is 803. The summed E-state index contributed by atoms with van der Waals surface area (Å²) in [6, 6.07) is 12.4. The van der Waals surface area contributed by atoms with Gasteiger partial charge in [-0.05, 0) is 61.7 Å². The normalized spacial score (nSPS) is 13.2. The second kappa shape index (κ2) is 7.57. The first-order valence-electron chi connectivity index (χ1n) is 8.11.